The van der Waals surface area contributed by atoms with E-state index in [1.807, 2.05) is 36.2 Å². The Morgan fingerprint density at radius 1 is 1.25 bits per heavy atom. The summed E-state index contributed by atoms with van der Waals surface area (Å²) in [4.78, 5) is 17.0. The molecule has 0 radical (unpaired) electrons. The first-order valence-electron chi connectivity index (χ1n) is 6.16. The lowest BCUT2D eigenvalue weighted by atomic mass is 10.1. The lowest BCUT2D eigenvalue weighted by Crippen LogP contribution is -2.22. The molecule has 0 aliphatic carbocycles. The summed E-state index contributed by atoms with van der Waals surface area (Å²) in [5, 5.41) is 9.56. The number of carboxylic acid groups (broad SMARTS) is 1. The van der Waals surface area contributed by atoms with Crippen LogP contribution in [0.1, 0.15) is 28.9 Å². The monoisotopic (exact) mass is 290 g/mol. The van der Waals surface area contributed by atoms with Crippen LogP contribution in [0.25, 0.3) is 0 Å². The van der Waals surface area contributed by atoms with Crippen molar-refractivity contribution in [3.05, 3.63) is 58.7 Å². The van der Waals surface area contributed by atoms with Gasteiger partial charge >= 0.3 is 5.97 Å². The summed E-state index contributed by atoms with van der Waals surface area (Å²) >= 11 is 5.88. The Bertz CT molecular complexity index is 596. The van der Waals surface area contributed by atoms with E-state index < -0.39 is 5.97 Å². The van der Waals surface area contributed by atoms with Crippen molar-refractivity contribution >= 4 is 23.4 Å². The minimum Gasteiger partial charge on any atom is -0.478 e. The van der Waals surface area contributed by atoms with Gasteiger partial charge in [0.2, 0.25) is 0 Å². The lowest BCUT2D eigenvalue weighted by molar-refractivity contribution is 0.0696. The number of halogens is 1. The molecular formula is C15H15ClN2O2. The molecule has 0 aliphatic rings. The molecule has 0 amide bonds. The van der Waals surface area contributed by atoms with E-state index in [0.717, 1.165) is 11.4 Å². The lowest BCUT2D eigenvalue weighted by Gasteiger charge is -2.26. The zero-order chi connectivity index (χ0) is 14.7. The van der Waals surface area contributed by atoms with Gasteiger partial charge in [0.05, 0.1) is 11.6 Å². The summed E-state index contributed by atoms with van der Waals surface area (Å²) in [5.74, 6) is -0.255. The second kappa shape index (κ2) is 5.92. The van der Waals surface area contributed by atoms with Gasteiger partial charge in [-0.2, -0.15) is 0 Å². The van der Waals surface area contributed by atoms with E-state index in [0.29, 0.717) is 5.02 Å². The predicted octanol–water partition coefficient (Wildman–Crippen LogP) is 3.63. The van der Waals surface area contributed by atoms with Gasteiger partial charge in [0, 0.05) is 18.3 Å². The highest BCUT2D eigenvalue weighted by molar-refractivity contribution is 6.30. The highest BCUT2D eigenvalue weighted by Gasteiger charge is 2.14. The van der Waals surface area contributed by atoms with Gasteiger partial charge in [-0.05, 0) is 36.8 Å². The molecule has 1 aromatic carbocycles. The van der Waals surface area contributed by atoms with Crippen molar-refractivity contribution in [1.82, 2.24) is 4.98 Å². The number of pyridine rings is 1. The number of carbonyl (C=O) groups is 1. The summed E-state index contributed by atoms with van der Waals surface area (Å²) in [6.07, 6.45) is 1.36. The Balaban J connectivity index is 2.19. The first kappa shape index (κ1) is 14.3. The number of nitrogens with zero attached hydrogens (tertiary/aromatic N) is 2. The molecule has 1 heterocycles. The molecule has 0 bridgehead atoms. The molecule has 2 rings (SSSR count). The van der Waals surface area contributed by atoms with Crippen LogP contribution in [0, 0.1) is 0 Å². The van der Waals surface area contributed by atoms with Gasteiger partial charge in [0.1, 0.15) is 5.82 Å². The maximum atomic E-state index is 10.8. The van der Waals surface area contributed by atoms with Crippen molar-refractivity contribution in [2.45, 2.75) is 13.0 Å². The van der Waals surface area contributed by atoms with Crippen molar-refractivity contribution in [2.75, 3.05) is 11.9 Å². The summed E-state index contributed by atoms with van der Waals surface area (Å²) in [6, 6.07) is 11.0. The SMILES string of the molecule is CC(c1ccc(Cl)cc1)N(C)c1ccc(C(=O)O)cn1. The number of hydrogen-bond donors (Lipinski definition) is 1. The van der Waals surface area contributed by atoms with Gasteiger partial charge in [0.25, 0.3) is 0 Å². The van der Waals surface area contributed by atoms with Crippen LogP contribution in [0.3, 0.4) is 0 Å². The van der Waals surface area contributed by atoms with E-state index in [9.17, 15) is 4.79 Å². The Hall–Kier alpha value is -2.07. The topological polar surface area (TPSA) is 53.4 Å². The molecule has 20 heavy (non-hydrogen) atoms. The summed E-state index contributed by atoms with van der Waals surface area (Å²) in [7, 11) is 1.92. The van der Waals surface area contributed by atoms with Crippen molar-refractivity contribution in [3.63, 3.8) is 0 Å². The average Bonchev–Trinajstić information content (AvgIpc) is 2.46. The van der Waals surface area contributed by atoms with Crippen molar-refractivity contribution in [1.29, 1.82) is 0 Å². The first-order chi connectivity index (χ1) is 9.49. The van der Waals surface area contributed by atoms with Gasteiger partial charge in [-0.15, -0.1) is 0 Å². The maximum Gasteiger partial charge on any atom is 0.337 e. The fourth-order valence-electron chi connectivity index (χ4n) is 1.88. The van der Waals surface area contributed by atoms with Crippen LogP contribution in [-0.2, 0) is 0 Å². The Morgan fingerprint density at radius 3 is 2.40 bits per heavy atom. The summed E-state index contributed by atoms with van der Waals surface area (Å²) in [5.41, 5.74) is 1.29. The van der Waals surface area contributed by atoms with Crippen molar-refractivity contribution in [3.8, 4) is 0 Å². The van der Waals surface area contributed by atoms with E-state index in [-0.39, 0.29) is 11.6 Å². The van der Waals surface area contributed by atoms with Crippen molar-refractivity contribution in [2.24, 2.45) is 0 Å². The van der Waals surface area contributed by atoms with E-state index in [1.165, 1.54) is 6.20 Å². The van der Waals surface area contributed by atoms with Crippen LogP contribution < -0.4 is 4.90 Å². The fourth-order valence-corrected chi connectivity index (χ4v) is 2.01. The summed E-state index contributed by atoms with van der Waals surface area (Å²) < 4.78 is 0. The minimum absolute atomic E-state index is 0.107. The number of anilines is 1. The zero-order valence-corrected chi connectivity index (χ0v) is 12.0. The molecule has 1 atom stereocenters. The predicted molar refractivity (Wildman–Crippen MR) is 79.5 cm³/mol. The normalized spacial score (nSPS) is 11.9. The van der Waals surface area contributed by atoms with Gasteiger partial charge in [-0.1, -0.05) is 23.7 Å². The average molecular weight is 291 g/mol. The van der Waals surface area contributed by atoms with Crippen LogP contribution in [-0.4, -0.2) is 23.1 Å². The molecule has 0 saturated heterocycles. The molecule has 0 aliphatic heterocycles. The van der Waals surface area contributed by atoms with Crippen molar-refractivity contribution < 1.29 is 9.90 Å². The van der Waals surface area contributed by atoms with Gasteiger partial charge < -0.3 is 10.0 Å². The molecule has 5 heteroatoms. The Labute approximate surface area is 122 Å². The van der Waals surface area contributed by atoms with Gasteiger partial charge in [0.15, 0.2) is 0 Å². The molecule has 0 spiro atoms. The van der Waals surface area contributed by atoms with Crippen LogP contribution in [0.5, 0.6) is 0 Å². The zero-order valence-electron chi connectivity index (χ0n) is 11.2. The maximum absolute atomic E-state index is 10.8. The minimum atomic E-state index is -0.975. The molecule has 2 aromatic rings. The van der Waals surface area contributed by atoms with E-state index >= 15 is 0 Å². The smallest absolute Gasteiger partial charge is 0.337 e. The number of aromatic carboxylic acids is 1. The number of carboxylic acids is 1. The molecule has 104 valence electrons. The number of rotatable bonds is 4. The molecule has 1 aromatic heterocycles. The molecule has 1 N–H and O–H groups in total. The Kier molecular flexibility index (Phi) is 4.25. The van der Waals surface area contributed by atoms with Crippen LogP contribution >= 0.6 is 11.6 Å². The van der Waals surface area contributed by atoms with Gasteiger partial charge in [-0.25, -0.2) is 9.78 Å². The van der Waals surface area contributed by atoms with Crippen LogP contribution in [0.4, 0.5) is 5.82 Å². The molecule has 1 unspecified atom stereocenters. The number of benzene rings is 1. The standard InChI is InChI=1S/C15H15ClN2O2/c1-10(11-3-6-13(16)7-4-11)18(2)14-8-5-12(9-17-14)15(19)20/h3-10H,1-2H3,(H,19,20). The first-order valence-corrected chi connectivity index (χ1v) is 6.54. The second-order valence-electron chi connectivity index (χ2n) is 4.55. The summed E-state index contributed by atoms with van der Waals surface area (Å²) in [6.45, 7) is 2.05. The highest BCUT2D eigenvalue weighted by atomic mass is 35.5. The molecule has 0 saturated carbocycles. The van der Waals surface area contributed by atoms with E-state index in [2.05, 4.69) is 11.9 Å². The largest absolute Gasteiger partial charge is 0.478 e. The van der Waals surface area contributed by atoms with Crippen LogP contribution in [0.2, 0.25) is 5.02 Å². The molecule has 4 nitrogen and oxygen atoms in total. The highest BCUT2D eigenvalue weighted by Crippen LogP contribution is 2.24. The third-order valence-corrected chi connectivity index (χ3v) is 3.54. The third-order valence-electron chi connectivity index (χ3n) is 3.29. The van der Waals surface area contributed by atoms with Gasteiger partial charge in [-0.3, -0.25) is 0 Å². The van der Waals surface area contributed by atoms with E-state index in [1.54, 1.807) is 12.1 Å². The van der Waals surface area contributed by atoms with E-state index in [4.69, 9.17) is 16.7 Å². The fraction of sp³-hybridized carbons (Fsp3) is 0.200. The second-order valence-corrected chi connectivity index (χ2v) is 4.99. The number of hydrogen-bond acceptors (Lipinski definition) is 3. The third kappa shape index (κ3) is 3.08. The molecular weight excluding hydrogens is 276 g/mol. The molecule has 0 fully saturated rings. The Morgan fingerprint density at radius 2 is 1.90 bits per heavy atom. The number of aromatic nitrogens is 1. The quantitative estimate of drug-likeness (QED) is 0.934. The van der Waals surface area contributed by atoms with Crippen LogP contribution in [0.15, 0.2) is 42.6 Å².